The van der Waals surface area contributed by atoms with Gasteiger partial charge in [0.15, 0.2) is 0 Å². The van der Waals surface area contributed by atoms with Crippen molar-refractivity contribution in [1.82, 2.24) is 9.55 Å². The summed E-state index contributed by atoms with van der Waals surface area (Å²) in [4.78, 5) is 15.5. The van der Waals surface area contributed by atoms with Gasteiger partial charge in [-0.1, -0.05) is 12.1 Å². The first kappa shape index (κ1) is 13.2. The van der Waals surface area contributed by atoms with Gasteiger partial charge in [-0.05, 0) is 31.2 Å². The molecule has 0 saturated heterocycles. The average Bonchev–Trinajstić information content (AvgIpc) is 2.91. The number of aromatic carboxylic acids is 1. The van der Waals surface area contributed by atoms with Gasteiger partial charge < -0.3 is 9.84 Å². The summed E-state index contributed by atoms with van der Waals surface area (Å²) in [6.07, 6.45) is 1.63. The number of hydrogen-bond donors (Lipinski definition) is 1. The maximum absolute atomic E-state index is 11.2. The van der Waals surface area contributed by atoms with Gasteiger partial charge in [0.25, 0.3) is 0 Å². The van der Waals surface area contributed by atoms with Crippen molar-refractivity contribution >= 4 is 17.0 Å². The van der Waals surface area contributed by atoms with Crippen molar-refractivity contribution < 1.29 is 14.6 Å². The predicted molar refractivity (Wildman–Crippen MR) is 79.2 cm³/mol. The number of ether oxygens (including phenoxy) is 1. The van der Waals surface area contributed by atoms with Crippen LogP contribution in [-0.2, 0) is 0 Å². The molecule has 3 rings (SSSR count). The molecule has 106 valence electrons. The first-order chi connectivity index (χ1) is 10.2. The molecule has 3 aromatic rings. The van der Waals surface area contributed by atoms with E-state index in [2.05, 4.69) is 4.98 Å². The summed E-state index contributed by atoms with van der Waals surface area (Å²) in [6.45, 7) is 2.52. The zero-order chi connectivity index (χ0) is 14.8. The van der Waals surface area contributed by atoms with Crippen LogP contribution in [0.1, 0.15) is 17.3 Å². The fourth-order valence-corrected chi connectivity index (χ4v) is 2.31. The number of benzene rings is 2. The number of aromatic nitrogens is 2. The minimum atomic E-state index is -0.978. The van der Waals surface area contributed by atoms with E-state index < -0.39 is 5.97 Å². The van der Waals surface area contributed by atoms with Gasteiger partial charge in [0.1, 0.15) is 17.6 Å². The Bertz CT molecular complexity index is 808. The molecule has 5 heteroatoms. The van der Waals surface area contributed by atoms with Gasteiger partial charge in [-0.15, -0.1) is 0 Å². The lowest BCUT2D eigenvalue weighted by atomic mass is 10.2. The molecular weight excluding hydrogens is 268 g/mol. The standard InChI is InChI=1S/C16H14N2O3/c1-2-21-12-6-3-5-11(9-12)18-10-17-15-13(16(19)20)7-4-8-14(15)18/h3-10H,2H2,1H3,(H,19,20). The van der Waals surface area contributed by atoms with Crippen LogP contribution in [0.15, 0.2) is 48.8 Å². The number of para-hydroxylation sites is 1. The Kier molecular flexibility index (Phi) is 3.31. The van der Waals surface area contributed by atoms with Gasteiger partial charge in [0.05, 0.1) is 23.4 Å². The van der Waals surface area contributed by atoms with Crippen molar-refractivity contribution in [2.45, 2.75) is 6.92 Å². The van der Waals surface area contributed by atoms with E-state index in [0.29, 0.717) is 12.1 Å². The lowest BCUT2D eigenvalue weighted by Crippen LogP contribution is -1.98. The number of carbonyl (C=O) groups is 1. The maximum Gasteiger partial charge on any atom is 0.337 e. The van der Waals surface area contributed by atoms with Crippen LogP contribution in [0.3, 0.4) is 0 Å². The number of fused-ring (bicyclic) bond motifs is 1. The maximum atomic E-state index is 11.2. The molecule has 1 aromatic heterocycles. The van der Waals surface area contributed by atoms with Gasteiger partial charge in [0.2, 0.25) is 0 Å². The quantitative estimate of drug-likeness (QED) is 0.798. The van der Waals surface area contributed by atoms with Crippen LogP contribution in [0.25, 0.3) is 16.7 Å². The largest absolute Gasteiger partial charge is 0.494 e. The fourth-order valence-electron chi connectivity index (χ4n) is 2.31. The van der Waals surface area contributed by atoms with Gasteiger partial charge in [-0.2, -0.15) is 0 Å². The van der Waals surface area contributed by atoms with E-state index in [1.54, 1.807) is 18.5 Å². The van der Waals surface area contributed by atoms with Crippen LogP contribution in [0, 0.1) is 0 Å². The van der Waals surface area contributed by atoms with Gasteiger partial charge in [0, 0.05) is 6.07 Å². The third-order valence-corrected chi connectivity index (χ3v) is 3.21. The van der Waals surface area contributed by atoms with Crippen molar-refractivity contribution in [3.8, 4) is 11.4 Å². The molecule has 0 amide bonds. The molecule has 21 heavy (non-hydrogen) atoms. The molecule has 0 atom stereocenters. The van der Waals surface area contributed by atoms with Crippen LogP contribution in [0.4, 0.5) is 0 Å². The highest BCUT2D eigenvalue weighted by Crippen LogP contribution is 2.23. The van der Waals surface area contributed by atoms with E-state index >= 15 is 0 Å². The first-order valence-corrected chi connectivity index (χ1v) is 6.63. The van der Waals surface area contributed by atoms with Crippen molar-refractivity contribution in [3.05, 3.63) is 54.4 Å². The third kappa shape index (κ3) is 2.33. The van der Waals surface area contributed by atoms with Crippen LogP contribution in [-0.4, -0.2) is 27.2 Å². The van der Waals surface area contributed by atoms with Crippen LogP contribution < -0.4 is 4.74 Å². The number of hydrogen-bond acceptors (Lipinski definition) is 3. The molecule has 0 radical (unpaired) electrons. The molecule has 5 nitrogen and oxygen atoms in total. The molecule has 0 aliphatic rings. The third-order valence-electron chi connectivity index (χ3n) is 3.21. The Morgan fingerprint density at radius 3 is 2.86 bits per heavy atom. The molecule has 1 heterocycles. The predicted octanol–water partition coefficient (Wildman–Crippen LogP) is 3.12. The van der Waals surface area contributed by atoms with E-state index in [9.17, 15) is 9.90 Å². The fraction of sp³-hybridized carbons (Fsp3) is 0.125. The van der Waals surface area contributed by atoms with Crippen LogP contribution in [0.5, 0.6) is 5.75 Å². The Balaban J connectivity index is 2.15. The van der Waals surface area contributed by atoms with Crippen LogP contribution in [0.2, 0.25) is 0 Å². The van der Waals surface area contributed by atoms with Crippen LogP contribution >= 0.6 is 0 Å². The van der Waals surface area contributed by atoms with Gasteiger partial charge >= 0.3 is 5.97 Å². The van der Waals surface area contributed by atoms with E-state index in [-0.39, 0.29) is 5.56 Å². The highest BCUT2D eigenvalue weighted by molar-refractivity contribution is 6.01. The van der Waals surface area contributed by atoms with Crippen molar-refractivity contribution in [3.63, 3.8) is 0 Å². The summed E-state index contributed by atoms with van der Waals surface area (Å²) in [5.41, 5.74) is 2.31. The zero-order valence-corrected chi connectivity index (χ0v) is 11.5. The SMILES string of the molecule is CCOc1cccc(-n2cnc3c(C(=O)O)cccc32)c1. The molecule has 0 bridgehead atoms. The molecule has 0 saturated carbocycles. The lowest BCUT2D eigenvalue weighted by Gasteiger charge is -2.08. The van der Waals surface area contributed by atoms with Crippen molar-refractivity contribution in [2.75, 3.05) is 6.61 Å². The van der Waals surface area contributed by atoms with Crippen molar-refractivity contribution in [2.24, 2.45) is 0 Å². The summed E-state index contributed by atoms with van der Waals surface area (Å²) in [6, 6.07) is 12.7. The number of carboxylic acids is 1. The minimum Gasteiger partial charge on any atom is -0.494 e. The smallest absolute Gasteiger partial charge is 0.337 e. The van der Waals surface area contributed by atoms with E-state index in [1.165, 1.54) is 0 Å². The second kappa shape index (κ2) is 5.28. The highest BCUT2D eigenvalue weighted by atomic mass is 16.5. The second-order valence-corrected chi connectivity index (χ2v) is 4.52. The molecule has 0 spiro atoms. The summed E-state index contributed by atoms with van der Waals surface area (Å²) < 4.78 is 7.34. The molecule has 2 aromatic carbocycles. The van der Waals surface area contributed by atoms with Gasteiger partial charge in [-0.25, -0.2) is 9.78 Å². The van der Waals surface area contributed by atoms with E-state index in [1.807, 2.05) is 41.8 Å². The molecule has 1 N–H and O–H groups in total. The van der Waals surface area contributed by atoms with E-state index in [4.69, 9.17) is 4.74 Å². The Hall–Kier alpha value is -2.82. The number of rotatable bonds is 4. The molecule has 0 unspecified atom stereocenters. The highest BCUT2D eigenvalue weighted by Gasteiger charge is 2.13. The topological polar surface area (TPSA) is 64.4 Å². The summed E-state index contributed by atoms with van der Waals surface area (Å²) >= 11 is 0. The van der Waals surface area contributed by atoms with Gasteiger partial charge in [-0.3, -0.25) is 4.57 Å². The molecule has 0 aliphatic heterocycles. The van der Waals surface area contributed by atoms with E-state index in [0.717, 1.165) is 17.0 Å². The normalized spacial score (nSPS) is 10.7. The summed E-state index contributed by atoms with van der Waals surface area (Å²) in [5.74, 6) is -0.208. The molecule has 0 aliphatic carbocycles. The number of carboxylic acid groups (broad SMARTS) is 1. The number of imidazole rings is 1. The Morgan fingerprint density at radius 1 is 1.29 bits per heavy atom. The first-order valence-electron chi connectivity index (χ1n) is 6.63. The molecule has 0 fully saturated rings. The number of nitrogens with zero attached hydrogens (tertiary/aromatic N) is 2. The minimum absolute atomic E-state index is 0.201. The lowest BCUT2D eigenvalue weighted by molar-refractivity contribution is 0.0699. The average molecular weight is 282 g/mol. The summed E-state index contributed by atoms with van der Waals surface area (Å²) in [7, 11) is 0. The van der Waals surface area contributed by atoms with Crippen molar-refractivity contribution in [1.29, 1.82) is 0 Å². The zero-order valence-electron chi connectivity index (χ0n) is 11.5. The summed E-state index contributed by atoms with van der Waals surface area (Å²) in [5, 5.41) is 9.21. The Morgan fingerprint density at radius 2 is 2.10 bits per heavy atom. The second-order valence-electron chi connectivity index (χ2n) is 4.52. The Labute approximate surface area is 121 Å². The monoisotopic (exact) mass is 282 g/mol. The molecular formula is C16H14N2O3.